The molecule has 0 fully saturated rings. The largest absolute Gasteiger partial charge is 0.310 e. The van der Waals surface area contributed by atoms with Gasteiger partial charge in [0.25, 0.3) is 0 Å². The number of carbonyl (C=O) groups is 2. The summed E-state index contributed by atoms with van der Waals surface area (Å²) in [5.41, 5.74) is 4.10. The van der Waals surface area contributed by atoms with E-state index >= 15 is 0 Å². The number of anilines is 1. The lowest BCUT2D eigenvalue weighted by Gasteiger charge is -2.05. The summed E-state index contributed by atoms with van der Waals surface area (Å²) >= 11 is 0. The van der Waals surface area contributed by atoms with Crippen molar-refractivity contribution >= 4 is 23.3 Å². The first-order valence-electron chi connectivity index (χ1n) is 7.70. The van der Waals surface area contributed by atoms with E-state index in [1.54, 1.807) is 31.3 Å². The molecule has 2 rings (SSSR count). The van der Waals surface area contributed by atoms with Crippen LogP contribution in [0.25, 0.3) is 0 Å². The third-order valence-corrected chi connectivity index (χ3v) is 3.20. The molecule has 1 aromatic heterocycles. The Morgan fingerprint density at radius 2 is 1.79 bits per heavy atom. The van der Waals surface area contributed by atoms with Crippen molar-refractivity contribution in [2.75, 3.05) is 5.32 Å². The van der Waals surface area contributed by atoms with Crippen LogP contribution in [-0.2, 0) is 16.0 Å². The Bertz CT molecular complexity index is 699. The highest BCUT2D eigenvalue weighted by atomic mass is 16.2. The molecule has 1 heterocycles. The number of rotatable bonds is 7. The zero-order valence-corrected chi connectivity index (χ0v) is 13.5. The second-order valence-electron chi connectivity index (χ2n) is 5.31. The highest BCUT2D eigenvalue weighted by Crippen LogP contribution is 2.03. The summed E-state index contributed by atoms with van der Waals surface area (Å²) in [5.74, 6) is 0.0824. The average Bonchev–Trinajstić information content (AvgIpc) is 2.60. The van der Waals surface area contributed by atoms with E-state index in [0.717, 1.165) is 5.56 Å². The summed E-state index contributed by atoms with van der Waals surface area (Å²) in [6.07, 6.45) is 2.70. The van der Waals surface area contributed by atoms with Gasteiger partial charge in [-0.15, -0.1) is 0 Å². The molecule has 6 heteroatoms. The van der Waals surface area contributed by atoms with Gasteiger partial charge >= 0.3 is 0 Å². The molecular weight excluding hydrogens is 304 g/mol. The zero-order valence-electron chi connectivity index (χ0n) is 13.5. The minimum Gasteiger partial charge on any atom is -0.310 e. The summed E-state index contributed by atoms with van der Waals surface area (Å²) < 4.78 is 0. The summed E-state index contributed by atoms with van der Waals surface area (Å²) in [6, 6.07) is 15.0. The Labute approximate surface area is 141 Å². The maximum absolute atomic E-state index is 11.8. The number of amides is 2. The van der Waals surface area contributed by atoms with E-state index in [4.69, 9.17) is 0 Å². The van der Waals surface area contributed by atoms with E-state index in [-0.39, 0.29) is 18.2 Å². The Morgan fingerprint density at radius 1 is 1.04 bits per heavy atom. The topological polar surface area (TPSA) is 83.4 Å². The van der Waals surface area contributed by atoms with Crippen molar-refractivity contribution in [3.63, 3.8) is 0 Å². The summed E-state index contributed by atoms with van der Waals surface area (Å²) in [5, 5.41) is 6.62. The smallest absolute Gasteiger partial charge is 0.240 e. The highest BCUT2D eigenvalue weighted by Gasteiger charge is 2.06. The van der Waals surface area contributed by atoms with Crippen LogP contribution in [0.15, 0.2) is 59.8 Å². The average molecular weight is 324 g/mol. The van der Waals surface area contributed by atoms with Gasteiger partial charge in [0.1, 0.15) is 5.82 Å². The fraction of sp³-hybridized carbons (Fsp3) is 0.222. The molecule has 0 atom stereocenters. The predicted octanol–water partition coefficient (Wildman–Crippen LogP) is 2.54. The molecule has 0 aliphatic rings. The molecule has 0 unspecified atom stereocenters. The van der Waals surface area contributed by atoms with E-state index in [9.17, 15) is 9.59 Å². The Hall–Kier alpha value is -3.02. The van der Waals surface area contributed by atoms with Crippen molar-refractivity contribution in [2.45, 2.75) is 26.2 Å². The van der Waals surface area contributed by atoms with Crippen molar-refractivity contribution in [1.29, 1.82) is 0 Å². The lowest BCUT2D eigenvalue weighted by Crippen LogP contribution is -2.21. The maximum Gasteiger partial charge on any atom is 0.240 e. The minimum absolute atomic E-state index is 0.0928. The SMILES string of the molecule is C/C(CC(=O)Nc1ccccn1)=N\NC(=O)CCc1ccccc1. The van der Waals surface area contributed by atoms with Gasteiger partial charge in [-0.2, -0.15) is 5.10 Å². The van der Waals surface area contributed by atoms with E-state index in [2.05, 4.69) is 20.8 Å². The number of nitrogens with zero attached hydrogens (tertiary/aromatic N) is 2. The van der Waals surface area contributed by atoms with Gasteiger partial charge in [-0.05, 0) is 31.0 Å². The number of hydrazone groups is 1. The first-order valence-corrected chi connectivity index (χ1v) is 7.70. The summed E-state index contributed by atoms with van der Waals surface area (Å²) in [6.45, 7) is 1.69. The van der Waals surface area contributed by atoms with Gasteiger partial charge in [-0.1, -0.05) is 36.4 Å². The van der Waals surface area contributed by atoms with Crippen molar-refractivity contribution < 1.29 is 9.59 Å². The first-order chi connectivity index (χ1) is 11.6. The van der Waals surface area contributed by atoms with Crippen LogP contribution >= 0.6 is 0 Å². The normalized spacial score (nSPS) is 11.0. The van der Waals surface area contributed by atoms with Crippen molar-refractivity contribution in [2.24, 2.45) is 5.10 Å². The van der Waals surface area contributed by atoms with Gasteiger partial charge in [0, 0.05) is 18.3 Å². The van der Waals surface area contributed by atoms with Crippen LogP contribution in [0, 0.1) is 0 Å². The molecule has 0 aliphatic heterocycles. The number of carbonyl (C=O) groups excluding carboxylic acids is 2. The van der Waals surface area contributed by atoms with E-state index in [0.29, 0.717) is 24.4 Å². The molecule has 24 heavy (non-hydrogen) atoms. The van der Waals surface area contributed by atoms with Crippen molar-refractivity contribution in [3.8, 4) is 0 Å². The molecule has 1 aromatic carbocycles. The van der Waals surface area contributed by atoms with Gasteiger partial charge in [-0.3, -0.25) is 9.59 Å². The molecule has 0 radical (unpaired) electrons. The van der Waals surface area contributed by atoms with Crippen LogP contribution in [0.5, 0.6) is 0 Å². The van der Waals surface area contributed by atoms with Crippen molar-refractivity contribution in [1.82, 2.24) is 10.4 Å². The first kappa shape index (κ1) is 17.3. The number of pyridine rings is 1. The number of nitrogens with one attached hydrogen (secondary N) is 2. The molecule has 2 aromatic rings. The minimum atomic E-state index is -0.228. The number of aromatic nitrogens is 1. The fourth-order valence-corrected chi connectivity index (χ4v) is 2.01. The third-order valence-electron chi connectivity index (χ3n) is 3.20. The molecular formula is C18H20N4O2. The van der Waals surface area contributed by atoms with Crippen LogP contribution < -0.4 is 10.7 Å². The number of hydrogen-bond donors (Lipinski definition) is 2. The molecule has 0 saturated carbocycles. The molecule has 0 aliphatic carbocycles. The molecule has 0 bridgehead atoms. The molecule has 2 N–H and O–H groups in total. The van der Waals surface area contributed by atoms with Gasteiger partial charge in [0.05, 0.1) is 6.42 Å². The van der Waals surface area contributed by atoms with Crippen LogP contribution in [0.2, 0.25) is 0 Å². The van der Waals surface area contributed by atoms with Gasteiger partial charge in [0.15, 0.2) is 0 Å². The second kappa shape index (κ2) is 9.19. The third kappa shape index (κ3) is 6.39. The van der Waals surface area contributed by atoms with Crippen LogP contribution in [0.3, 0.4) is 0 Å². The fourth-order valence-electron chi connectivity index (χ4n) is 2.01. The Morgan fingerprint density at radius 3 is 2.50 bits per heavy atom. The Balaban J connectivity index is 1.72. The molecule has 0 spiro atoms. The Kier molecular flexibility index (Phi) is 6.64. The van der Waals surface area contributed by atoms with Crippen LogP contribution in [0.1, 0.15) is 25.3 Å². The zero-order chi connectivity index (χ0) is 17.2. The molecule has 0 saturated heterocycles. The lowest BCUT2D eigenvalue weighted by atomic mass is 10.1. The molecule has 6 nitrogen and oxygen atoms in total. The van der Waals surface area contributed by atoms with Gasteiger partial charge in [-0.25, -0.2) is 10.4 Å². The van der Waals surface area contributed by atoms with E-state index in [1.165, 1.54) is 0 Å². The lowest BCUT2D eigenvalue weighted by molar-refractivity contribution is -0.121. The highest BCUT2D eigenvalue weighted by molar-refractivity contribution is 6.05. The van der Waals surface area contributed by atoms with Gasteiger partial charge < -0.3 is 5.32 Å². The maximum atomic E-state index is 11.8. The van der Waals surface area contributed by atoms with E-state index < -0.39 is 0 Å². The van der Waals surface area contributed by atoms with Gasteiger partial charge in [0.2, 0.25) is 11.8 Å². The molecule has 124 valence electrons. The number of hydrogen-bond acceptors (Lipinski definition) is 4. The summed E-state index contributed by atoms with van der Waals surface area (Å²) in [7, 11) is 0. The second-order valence-corrected chi connectivity index (χ2v) is 5.31. The number of aryl methyl sites for hydroxylation is 1. The predicted molar refractivity (Wildman–Crippen MR) is 93.5 cm³/mol. The van der Waals surface area contributed by atoms with E-state index in [1.807, 2.05) is 30.3 Å². The number of benzene rings is 1. The van der Waals surface area contributed by atoms with Crippen LogP contribution in [0.4, 0.5) is 5.82 Å². The quantitative estimate of drug-likeness (QED) is 0.606. The standard InChI is InChI=1S/C18H20N4O2/c1-14(13-18(24)20-16-9-5-6-12-19-16)21-22-17(23)11-10-15-7-3-2-4-8-15/h2-9,12H,10-11,13H2,1H3,(H,22,23)(H,19,20,24)/b21-14+. The summed E-state index contributed by atoms with van der Waals surface area (Å²) in [4.78, 5) is 27.6. The molecule has 2 amide bonds. The monoisotopic (exact) mass is 324 g/mol. The van der Waals surface area contributed by atoms with Crippen molar-refractivity contribution in [3.05, 3.63) is 60.3 Å². The van der Waals surface area contributed by atoms with Crippen LogP contribution in [-0.4, -0.2) is 22.5 Å².